The molecule has 1 aromatic carbocycles. The molecule has 3 aliphatic rings. The summed E-state index contributed by atoms with van der Waals surface area (Å²) >= 11 is 0. The van der Waals surface area contributed by atoms with Gasteiger partial charge in [-0.1, -0.05) is 12.1 Å². The molecule has 0 radical (unpaired) electrons. The second-order valence-corrected chi connectivity index (χ2v) is 11.8. The Morgan fingerprint density at radius 2 is 1.61 bits per heavy atom. The van der Waals surface area contributed by atoms with Crippen molar-refractivity contribution in [3.05, 3.63) is 52.6 Å². The van der Waals surface area contributed by atoms with Gasteiger partial charge in [0.2, 0.25) is 5.91 Å². The predicted molar refractivity (Wildman–Crippen MR) is 160 cm³/mol. The molecule has 5 rings (SSSR count). The quantitative estimate of drug-likeness (QED) is 0.463. The van der Waals surface area contributed by atoms with E-state index in [2.05, 4.69) is 20.1 Å². The van der Waals surface area contributed by atoms with E-state index >= 15 is 0 Å². The summed E-state index contributed by atoms with van der Waals surface area (Å²) in [6.45, 7) is 9.98. The second-order valence-electron chi connectivity index (χ2n) is 11.8. The van der Waals surface area contributed by atoms with Crippen LogP contribution in [0.5, 0.6) is 0 Å². The third-order valence-electron chi connectivity index (χ3n) is 8.11. The summed E-state index contributed by atoms with van der Waals surface area (Å²) in [6.07, 6.45) is 3.67. The minimum absolute atomic E-state index is 0. The maximum Gasteiger partial charge on any atom is 0.354 e. The van der Waals surface area contributed by atoms with E-state index in [-0.39, 0.29) is 36.2 Å². The number of piperazine rings is 2. The number of hydrogen-bond acceptors (Lipinski definition) is 8. The first-order valence-corrected chi connectivity index (χ1v) is 14.1. The molecule has 2 aromatic rings. The number of anilines is 1. The molecule has 224 valence electrons. The van der Waals surface area contributed by atoms with E-state index in [4.69, 9.17) is 11.5 Å². The van der Waals surface area contributed by atoms with Crippen molar-refractivity contribution in [2.75, 3.05) is 57.7 Å². The molecule has 1 aromatic heterocycles. The van der Waals surface area contributed by atoms with Gasteiger partial charge in [0.25, 0.3) is 0 Å². The highest BCUT2D eigenvalue weighted by molar-refractivity contribution is 5.88. The molecular formula is C28H42ClN9O3. The number of urea groups is 1. The van der Waals surface area contributed by atoms with E-state index in [1.165, 1.54) is 10.1 Å². The minimum Gasteiger partial charge on any atom is -0.338 e. The third kappa shape index (κ3) is 7.44. The van der Waals surface area contributed by atoms with Crippen LogP contribution in [0.1, 0.15) is 32.3 Å². The Kier molecular flexibility index (Phi) is 9.70. The number of nitrogens with zero attached hydrogens (tertiary/aromatic N) is 6. The van der Waals surface area contributed by atoms with Gasteiger partial charge in [-0.05, 0) is 63.5 Å². The SMILES string of the molecule is CC(C)(N)C(=O)N1CCN2CCN(C(=O)Nc3ccn(-c4ccc(CN5CCC(N)CC5)cc4)c(=O)n3)CC2C1.Cl. The van der Waals surface area contributed by atoms with Crippen molar-refractivity contribution < 1.29 is 9.59 Å². The van der Waals surface area contributed by atoms with Crippen molar-refractivity contribution in [2.24, 2.45) is 11.5 Å². The maximum absolute atomic E-state index is 13.0. The molecule has 3 fully saturated rings. The van der Waals surface area contributed by atoms with Crippen LogP contribution in [-0.4, -0.2) is 111 Å². The Morgan fingerprint density at radius 3 is 2.24 bits per heavy atom. The standard InChI is InChI=1S/C28H41N9O3.ClH/c1-28(2,30)25(38)35-15-13-34-14-16-36(19-23(34)18-35)26(39)31-24-9-12-37(27(40)32-24)22-5-3-20(4-6-22)17-33-10-7-21(29)8-11-33;/h3-6,9,12,21,23H,7-8,10-11,13-19,29-30H2,1-2H3,(H,31,32,39,40);1H. The largest absolute Gasteiger partial charge is 0.354 e. The summed E-state index contributed by atoms with van der Waals surface area (Å²) < 4.78 is 1.46. The number of piperidine rings is 1. The molecule has 41 heavy (non-hydrogen) atoms. The fourth-order valence-corrected chi connectivity index (χ4v) is 5.72. The number of carbonyl (C=O) groups is 2. The van der Waals surface area contributed by atoms with E-state index < -0.39 is 11.2 Å². The molecule has 0 bridgehead atoms. The lowest BCUT2D eigenvalue weighted by atomic mass is 10.0. The normalized spacial score (nSPS) is 20.7. The Labute approximate surface area is 247 Å². The number of carbonyl (C=O) groups excluding carboxylic acids is 2. The number of fused-ring (bicyclic) bond motifs is 1. The van der Waals surface area contributed by atoms with Gasteiger partial charge in [0.05, 0.1) is 11.2 Å². The van der Waals surface area contributed by atoms with Gasteiger partial charge in [0.15, 0.2) is 0 Å². The molecule has 3 amide bonds. The highest BCUT2D eigenvalue weighted by Gasteiger charge is 2.38. The van der Waals surface area contributed by atoms with Crippen LogP contribution < -0.4 is 22.5 Å². The van der Waals surface area contributed by atoms with Crippen molar-refractivity contribution in [1.29, 1.82) is 0 Å². The number of likely N-dealkylation sites (tertiary alicyclic amines) is 1. The molecule has 0 aliphatic carbocycles. The third-order valence-corrected chi connectivity index (χ3v) is 8.11. The lowest BCUT2D eigenvalue weighted by Crippen LogP contribution is -2.66. The van der Waals surface area contributed by atoms with Crippen LogP contribution in [0.25, 0.3) is 5.69 Å². The molecule has 3 aliphatic heterocycles. The Morgan fingerprint density at radius 1 is 0.976 bits per heavy atom. The van der Waals surface area contributed by atoms with Crippen molar-refractivity contribution in [2.45, 2.75) is 50.9 Å². The minimum atomic E-state index is -0.927. The molecule has 4 heterocycles. The van der Waals surface area contributed by atoms with E-state index in [0.29, 0.717) is 37.9 Å². The number of amides is 3. The lowest BCUT2D eigenvalue weighted by Gasteiger charge is -2.48. The van der Waals surface area contributed by atoms with E-state index in [1.54, 1.807) is 35.9 Å². The van der Waals surface area contributed by atoms with Gasteiger partial charge in [-0.3, -0.25) is 24.5 Å². The number of nitrogens with one attached hydrogen (secondary N) is 1. The zero-order valence-corrected chi connectivity index (χ0v) is 24.7. The van der Waals surface area contributed by atoms with Crippen LogP contribution in [-0.2, 0) is 11.3 Å². The zero-order chi connectivity index (χ0) is 28.4. The van der Waals surface area contributed by atoms with Gasteiger partial charge >= 0.3 is 11.7 Å². The Hall–Kier alpha value is -3.03. The molecule has 3 saturated heterocycles. The second kappa shape index (κ2) is 12.9. The van der Waals surface area contributed by atoms with Crippen LogP contribution in [0.2, 0.25) is 0 Å². The van der Waals surface area contributed by atoms with Crippen LogP contribution in [0.4, 0.5) is 10.6 Å². The van der Waals surface area contributed by atoms with Gasteiger partial charge < -0.3 is 21.3 Å². The molecule has 5 N–H and O–H groups in total. The van der Waals surface area contributed by atoms with E-state index in [9.17, 15) is 14.4 Å². The van der Waals surface area contributed by atoms with Gasteiger partial charge in [-0.15, -0.1) is 12.4 Å². The summed E-state index contributed by atoms with van der Waals surface area (Å²) in [5.41, 5.74) is 12.5. The molecule has 0 saturated carbocycles. The molecule has 1 atom stereocenters. The average Bonchev–Trinajstić information content (AvgIpc) is 2.93. The highest BCUT2D eigenvalue weighted by atomic mass is 35.5. The van der Waals surface area contributed by atoms with Gasteiger partial charge in [-0.2, -0.15) is 4.98 Å². The maximum atomic E-state index is 13.0. The number of nitrogens with two attached hydrogens (primary N) is 2. The fraction of sp³-hybridized carbons (Fsp3) is 0.571. The van der Waals surface area contributed by atoms with Crippen LogP contribution >= 0.6 is 12.4 Å². The molecule has 12 nitrogen and oxygen atoms in total. The summed E-state index contributed by atoms with van der Waals surface area (Å²) in [4.78, 5) is 50.8. The van der Waals surface area contributed by atoms with Gasteiger partial charge in [-0.25, -0.2) is 9.59 Å². The number of rotatable bonds is 5. The summed E-state index contributed by atoms with van der Waals surface area (Å²) in [6, 6.07) is 9.54. The van der Waals surface area contributed by atoms with Crippen molar-refractivity contribution in [3.63, 3.8) is 0 Å². The van der Waals surface area contributed by atoms with Gasteiger partial charge in [0, 0.05) is 64.1 Å². The number of halogens is 1. The van der Waals surface area contributed by atoms with Crippen molar-refractivity contribution in [1.82, 2.24) is 29.2 Å². The average molecular weight is 588 g/mol. The van der Waals surface area contributed by atoms with Crippen LogP contribution in [0.3, 0.4) is 0 Å². The summed E-state index contributed by atoms with van der Waals surface area (Å²) in [5, 5.41) is 2.77. The monoisotopic (exact) mass is 587 g/mol. The summed E-state index contributed by atoms with van der Waals surface area (Å²) in [5.74, 6) is 0.124. The Bertz CT molecular complexity index is 1270. The highest BCUT2D eigenvalue weighted by Crippen LogP contribution is 2.19. The molecule has 13 heteroatoms. The first kappa shape index (κ1) is 30.9. The molecule has 1 unspecified atom stereocenters. The Balaban J connectivity index is 0.00000387. The molecule has 0 spiro atoms. The number of hydrogen-bond donors (Lipinski definition) is 3. The number of aromatic nitrogens is 2. The van der Waals surface area contributed by atoms with Crippen molar-refractivity contribution >= 4 is 30.2 Å². The molecular weight excluding hydrogens is 546 g/mol. The predicted octanol–water partition coefficient (Wildman–Crippen LogP) is 0.675. The van der Waals surface area contributed by atoms with E-state index in [0.717, 1.165) is 45.6 Å². The number of benzene rings is 1. The van der Waals surface area contributed by atoms with E-state index in [1.807, 2.05) is 24.3 Å². The lowest BCUT2D eigenvalue weighted by molar-refractivity contribution is -0.139. The van der Waals surface area contributed by atoms with Crippen molar-refractivity contribution in [3.8, 4) is 5.69 Å². The van der Waals surface area contributed by atoms with Crippen LogP contribution in [0.15, 0.2) is 41.3 Å². The zero-order valence-electron chi connectivity index (χ0n) is 23.9. The van der Waals surface area contributed by atoms with Gasteiger partial charge in [0.1, 0.15) is 5.82 Å². The summed E-state index contributed by atoms with van der Waals surface area (Å²) in [7, 11) is 0. The smallest absolute Gasteiger partial charge is 0.338 e. The first-order chi connectivity index (χ1) is 19.1. The first-order valence-electron chi connectivity index (χ1n) is 14.1. The fourth-order valence-electron chi connectivity index (χ4n) is 5.72. The van der Waals surface area contributed by atoms with Crippen LogP contribution in [0, 0.1) is 0 Å². The topological polar surface area (TPSA) is 146 Å².